The number of fused-ring (bicyclic) bond motifs is 1. The van der Waals surface area contributed by atoms with Crippen LogP contribution in [0.4, 0.5) is 5.69 Å². The number of rotatable bonds is 4. The third-order valence-electron chi connectivity index (χ3n) is 5.32. The zero-order chi connectivity index (χ0) is 22.1. The molecule has 2 aromatic carbocycles. The Hall–Kier alpha value is -2.12. The number of nitrogens with zero attached hydrogens (tertiary/aromatic N) is 2. The van der Waals surface area contributed by atoms with Crippen LogP contribution in [0, 0.1) is 13.8 Å². The minimum atomic E-state index is -0.0679. The number of amides is 2. The van der Waals surface area contributed by atoms with Crippen LogP contribution in [0.5, 0.6) is 0 Å². The van der Waals surface area contributed by atoms with Gasteiger partial charge in [0.05, 0.1) is 11.6 Å². The van der Waals surface area contributed by atoms with Crippen LogP contribution in [0.2, 0.25) is 10.0 Å². The van der Waals surface area contributed by atoms with Crippen molar-refractivity contribution in [3.63, 3.8) is 0 Å². The van der Waals surface area contributed by atoms with Crippen molar-refractivity contribution in [1.29, 1.82) is 0 Å². The van der Waals surface area contributed by atoms with Crippen molar-refractivity contribution < 1.29 is 9.59 Å². The molecule has 5 nitrogen and oxygen atoms in total. The van der Waals surface area contributed by atoms with E-state index < -0.39 is 0 Å². The first-order chi connectivity index (χ1) is 14.8. The monoisotopic (exact) mass is 475 g/mol. The topological polar surface area (TPSA) is 52.7 Å². The standard InChI is InChI=1S/C23H23Cl2N3O2S/c1-14-9-15(2)11-17(10-14)26-20(29)13-27-5-7-28(8-6-27)23(30)22-21(25)18-4-3-16(24)12-19(18)31-22/h3-4,9-12H,5-8,13H2,1-2H3,(H,26,29). The van der Waals surface area contributed by atoms with E-state index in [2.05, 4.69) is 16.3 Å². The number of hydrogen-bond donors (Lipinski definition) is 1. The van der Waals surface area contributed by atoms with E-state index in [4.69, 9.17) is 23.2 Å². The minimum Gasteiger partial charge on any atom is -0.335 e. The lowest BCUT2D eigenvalue weighted by atomic mass is 10.1. The second kappa shape index (κ2) is 9.17. The van der Waals surface area contributed by atoms with Crippen molar-refractivity contribution in [3.05, 3.63) is 62.4 Å². The van der Waals surface area contributed by atoms with E-state index in [-0.39, 0.29) is 11.8 Å². The van der Waals surface area contributed by atoms with Gasteiger partial charge in [-0.2, -0.15) is 0 Å². The van der Waals surface area contributed by atoms with Gasteiger partial charge in [0, 0.05) is 47.0 Å². The molecule has 0 saturated carbocycles. The van der Waals surface area contributed by atoms with Crippen molar-refractivity contribution in [2.75, 3.05) is 38.0 Å². The Balaban J connectivity index is 1.34. The molecule has 0 unspecified atom stereocenters. The Morgan fingerprint density at radius 2 is 1.68 bits per heavy atom. The van der Waals surface area contributed by atoms with Crippen LogP contribution >= 0.6 is 34.5 Å². The fraction of sp³-hybridized carbons (Fsp3) is 0.304. The number of hydrogen-bond acceptors (Lipinski definition) is 4. The summed E-state index contributed by atoms with van der Waals surface area (Å²) in [6.07, 6.45) is 0. The Morgan fingerprint density at radius 1 is 1.00 bits per heavy atom. The SMILES string of the molecule is Cc1cc(C)cc(NC(=O)CN2CCN(C(=O)c3sc4cc(Cl)ccc4c3Cl)CC2)c1. The molecular weight excluding hydrogens is 453 g/mol. The smallest absolute Gasteiger partial charge is 0.265 e. The van der Waals surface area contributed by atoms with Crippen LogP contribution in [0.25, 0.3) is 10.1 Å². The first-order valence-electron chi connectivity index (χ1n) is 10.1. The van der Waals surface area contributed by atoms with Gasteiger partial charge in [-0.1, -0.05) is 35.3 Å². The second-order valence-electron chi connectivity index (χ2n) is 7.88. The number of halogens is 2. The molecule has 8 heteroatoms. The lowest BCUT2D eigenvalue weighted by molar-refractivity contribution is -0.117. The molecule has 4 rings (SSSR count). The molecule has 1 N–H and O–H groups in total. The Kier molecular flexibility index (Phi) is 6.53. The van der Waals surface area contributed by atoms with E-state index in [1.54, 1.807) is 11.0 Å². The van der Waals surface area contributed by atoms with Crippen LogP contribution in [0.3, 0.4) is 0 Å². The molecule has 162 valence electrons. The summed E-state index contributed by atoms with van der Waals surface area (Å²) in [6, 6.07) is 11.4. The molecule has 1 aliphatic heterocycles. The predicted molar refractivity (Wildman–Crippen MR) is 129 cm³/mol. The predicted octanol–water partition coefficient (Wildman–Crippen LogP) is 5.22. The van der Waals surface area contributed by atoms with Crippen LogP contribution in [0.15, 0.2) is 36.4 Å². The molecule has 0 atom stereocenters. The van der Waals surface area contributed by atoms with E-state index in [9.17, 15) is 9.59 Å². The van der Waals surface area contributed by atoms with Crippen LogP contribution in [-0.2, 0) is 4.79 Å². The van der Waals surface area contributed by atoms with Gasteiger partial charge in [0.25, 0.3) is 5.91 Å². The first kappa shape index (κ1) is 22.1. The molecule has 0 radical (unpaired) electrons. The number of nitrogens with one attached hydrogen (secondary N) is 1. The van der Waals surface area contributed by atoms with E-state index >= 15 is 0 Å². The molecule has 31 heavy (non-hydrogen) atoms. The molecule has 2 amide bonds. The van der Waals surface area contributed by atoms with Gasteiger partial charge < -0.3 is 10.2 Å². The quantitative estimate of drug-likeness (QED) is 0.562. The molecule has 1 aromatic heterocycles. The highest BCUT2D eigenvalue weighted by Crippen LogP contribution is 2.37. The van der Waals surface area contributed by atoms with Crippen molar-refractivity contribution in [1.82, 2.24) is 9.80 Å². The third-order valence-corrected chi connectivity index (χ3v) is 7.20. The fourth-order valence-electron chi connectivity index (χ4n) is 3.88. The van der Waals surface area contributed by atoms with E-state index in [1.807, 2.05) is 38.1 Å². The lowest BCUT2D eigenvalue weighted by Gasteiger charge is -2.34. The molecule has 0 aliphatic carbocycles. The maximum atomic E-state index is 13.0. The molecule has 1 fully saturated rings. The number of thiophene rings is 1. The number of piperazine rings is 1. The maximum absolute atomic E-state index is 13.0. The number of anilines is 1. The Morgan fingerprint density at radius 3 is 2.35 bits per heavy atom. The van der Waals surface area contributed by atoms with Crippen molar-refractivity contribution >= 4 is 62.1 Å². The zero-order valence-electron chi connectivity index (χ0n) is 17.4. The summed E-state index contributed by atoms with van der Waals surface area (Å²) in [7, 11) is 0. The average molecular weight is 476 g/mol. The van der Waals surface area contributed by atoms with Crippen molar-refractivity contribution in [2.24, 2.45) is 0 Å². The summed E-state index contributed by atoms with van der Waals surface area (Å²) in [6.45, 7) is 6.71. The summed E-state index contributed by atoms with van der Waals surface area (Å²) in [5.41, 5.74) is 3.05. The van der Waals surface area contributed by atoms with Gasteiger partial charge in [-0.3, -0.25) is 14.5 Å². The minimum absolute atomic E-state index is 0.0470. The second-order valence-corrected chi connectivity index (χ2v) is 9.75. The summed E-state index contributed by atoms with van der Waals surface area (Å²) >= 11 is 13.9. The van der Waals surface area contributed by atoms with Crippen molar-refractivity contribution in [3.8, 4) is 0 Å². The molecule has 0 spiro atoms. The van der Waals surface area contributed by atoms with Crippen LogP contribution in [0.1, 0.15) is 20.8 Å². The molecule has 3 aromatic rings. The van der Waals surface area contributed by atoms with Gasteiger partial charge >= 0.3 is 0 Å². The Bertz CT molecular complexity index is 1130. The molecule has 2 heterocycles. The third kappa shape index (κ3) is 5.04. The highest BCUT2D eigenvalue weighted by molar-refractivity contribution is 7.21. The molecule has 0 bridgehead atoms. The number of carbonyl (C=O) groups is 2. The first-order valence-corrected chi connectivity index (χ1v) is 11.6. The zero-order valence-corrected chi connectivity index (χ0v) is 19.7. The normalized spacial score (nSPS) is 14.8. The molecule has 1 aliphatic rings. The largest absolute Gasteiger partial charge is 0.335 e. The van der Waals surface area contributed by atoms with Gasteiger partial charge in [-0.15, -0.1) is 11.3 Å². The molecule has 1 saturated heterocycles. The summed E-state index contributed by atoms with van der Waals surface area (Å²) in [4.78, 5) is 29.9. The highest BCUT2D eigenvalue weighted by atomic mass is 35.5. The van der Waals surface area contributed by atoms with Crippen molar-refractivity contribution in [2.45, 2.75) is 13.8 Å². The molecular formula is C23H23Cl2N3O2S. The van der Waals surface area contributed by atoms with E-state index in [1.165, 1.54) is 11.3 Å². The van der Waals surface area contributed by atoms with Gasteiger partial charge in [0.1, 0.15) is 4.88 Å². The van der Waals surface area contributed by atoms with Crippen LogP contribution < -0.4 is 5.32 Å². The number of carbonyl (C=O) groups excluding carboxylic acids is 2. The van der Waals surface area contributed by atoms with Gasteiger partial charge in [-0.25, -0.2) is 0 Å². The lowest BCUT2D eigenvalue weighted by Crippen LogP contribution is -2.50. The van der Waals surface area contributed by atoms with Gasteiger partial charge in [-0.05, 0) is 49.2 Å². The van der Waals surface area contributed by atoms with E-state index in [0.29, 0.717) is 47.6 Å². The number of benzene rings is 2. The van der Waals surface area contributed by atoms with Crippen LogP contribution in [-0.4, -0.2) is 54.3 Å². The highest BCUT2D eigenvalue weighted by Gasteiger charge is 2.26. The van der Waals surface area contributed by atoms with Gasteiger partial charge in [0.15, 0.2) is 0 Å². The summed E-state index contributed by atoms with van der Waals surface area (Å²) in [5, 5.41) is 4.92. The van der Waals surface area contributed by atoms with E-state index in [0.717, 1.165) is 26.9 Å². The number of aryl methyl sites for hydroxylation is 2. The summed E-state index contributed by atoms with van der Waals surface area (Å²) in [5.74, 6) is -0.115. The average Bonchev–Trinajstić information content (AvgIpc) is 3.02. The fourth-order valence-corrected chi connectivity index (χ4v) is 5.64. The summed E-state index contributed by atoms with van der Waals surface area (Å²) < 4.78 is 0.905. The Labute approximate surface area is 195 Å². The maximum Gasteiger partial charge on any atom is 0.265 e. The van der Waals surface area contributed by atoms with Gasteiger partial charge in [0.2, 0.25) is 5.91 Å².